The highest BCUT2D eigenvalue weighted by Gasteiger charge is 2.18. The van der Waals surface area contributed by atoms with Crippen molar-refractivity contribution in [2.24, 2.45) is 0 Å². The molecule has 1 aromatic rings. The summed E-state index contributed by atoms with van der Waals surface area (Å²) in [7, 11) is 9.64. The summed E-state index contributed by atoms with van der Waals surface area (Å²) in [6, 6.07) is 9.59. The van der Waals surface area contributed by atoms with E-state index in [9.17, 15) is 0 Å². The fourth-order valence-electron chi connectivity index (χ4n) is 5.95. The Balaban J connectivity index is 0. The van der Waals surface area contributed by atoms with Gasteiger partial charge in [-0.3, -0.25) is 0 Å². The molecule has 0 bridgehead atoms. The molecule has 0 N–H and O–H groups in total. The number of nitrogens with zero attached hydrogens (tertiary/aromatic N) is 2. The number of quaternary nitrogens is 2. The van der Waals surface area contributed by atoms with Crippen LogP contribution >= 0.6 is 0 Å². The Labute approximate surface area is 265 Å². The van der Waals surface area contributed by atoms with Gasteiger partial charge < -0.3 is 33.8 Å². The third-order valence-electron chi connectivity index (χ3n) is 8.48. The second kappa shape index (κ2) is 26.4. The highest BCUT2D eigenvalue weighted by Crippen LogP contribution is 2.18. The van der Waals surface area contributed by atoms with Crippen LogP contribution in [0.4, 0.5) is 0 Å². The van der Waals surface area contributed by atoms with Crippen LogP contribution in [0.25, 0.3) is 0 Å². The predicted molar refractivity (Wildman–Crippen MR) is 171 cm³/mol. The Morgan fingerprint density at radius 2 is 0.600 bits per heavy atom. The van der Waals surface area contributed by atoms with E-state index in [1.54, 1.807) is 0 Å². The van der Waals surface area contributed by atoms with Gasteiger partial charge in [0.05, 0.1) is 41.3 Å². The van der Waals surface area contributed by atoms with Crippen molar-refractivity contribution in [2.75, 3.05) is 41.3 Å². The fourth-order valence-corrected chi connectivity index (χ4v) is 5.95. The van der Waals surface area contributed by atoms with Crippen molar-refractivity contribution in [1.82, 2.24) is 0 Å². The zero-order chi connectivity index (χ0) is 28.0. The van der Waals surface area contributed by atoms with Gasteiger partial charge in [0.1, 0.15) is 13.1 Å². The Bertz CT molecular complexity index is 600. The van der Waals surface area contributed by atoms with E-state index in [2.05, 4.69) is 66.3 Å². The normalized spacial score (nSPS) is 11.8. The second-order valence-electron chi connectivity index (χ2n) is 13.8. The van der Waals surface area contributed by atoms with Gasteiger partial charge in [-0.2, -0.15) is 0 Å². The van der Waals surface area contributed by atoms with Gasteiger partial charge in [0.25, 0.3) is 0 Å². The zero-order valence-electron chi connectivity index (χ0n) is 27.9. The summed E-state index contributed by atoms with van der Waals surface area (Å²) in [5, 5.41) is 0. The summed E-state index contributed by atoms with van der Waals surface area (Å²) < 4.78 is 2.22. The maximum absolute atomic E-state index is 2.41. The Kier molecular flexibility index (Phi) is 27.6. The molecule has 40 heavy (non-hydrogen) atoms. The van der Waals surface area contributed by atoms with Crippen molar-refractivity contribution in [1.29, 1.82) is 0 Å². The summed E-state index contributed by atoms with van der Waals surface area (Å²) in [6.07, 6.45) is 28.4. The summed E-state index contributed by atoms with van der Waals surface area (Å²) in [6.45, 7) is 9.48. The van der Waals surface area contributed by atoms with Gasteiger partial charge in [-0.1, -0.05) is 141 Å². The van der Waals surface area contributed by atoms with E-state index >= 15 is 0 Å². The molecule has 0 fully saturated rings. The quantitative estimate of drug-likeness (QED) is 0.107. The van der Waals surface area contributed by atoms with Crippen molar-refractivity contribution in [3.63, 3.8) is 0 Å². The van der Waals surface area contributed by atoms with E-state index in [1.807, 2.05) is 0 Å². The molecule has 0 unspecified atom stereocenters. The van der Waals surface area contributed by atoms with E-state index in [0.717, 1.165) is 22.1 Å². The molecule has 1 aromatic carbocycles. The first-order valence-corrected chi connectivity index (χ1v) is 17.0. The van der Waals surface area contributed by atoms with E-state index in [4.69, 9.17) is 0 Å². The third-order valence-corrected chi connectivity index (χ3v) is 8.48. The van der Waals surface area contributed by atoms with Crippen LogP contribution in [-0.2, 0) is 13.1 Å². The number of hydrogen-bond donors (Lipinski definition) is 0. The highest BCUT2D eigenvalue weighted by molar-refractivity contribution is 5.21. The number of unbranched alkanes of at least 4 members (excludes halogenated alkanes) is 18. The molecule has 0 radical (unpaired) electrons. The molecular weight excluding hydrogens is 531 g/mol. The van der Waals surface area contributed by atoms with Crippen LogP contribution in [-0.4, -0.2) is 50.2 Å². The second-order valence-corrected chi connectivity index (χ2v) is 13.8. The lowest BCUT2D eigenvalue weighted by atomic mass is 10.1. The summed E-state index contributed by atoms with van der Waals surface area (Å²) in [5.74, 6) is 0. The van der Waals surface area contributed by atoms with Gasteiger partial charge in [0, 0.05) is 11.1 Å². The minimum Gasteiger partial charge on any atom is -1.00 e. The van der Waals surface area contributed by atoms with Crippen LogP contribution < -0.4 is 24.8 Å². The maximum Gasteiger partial charge on any atom is 0.104 e. The molecular formula is C36H70Cl2N2. The fraction of sp³-hybridized carbons (Fsp3) is 0.833. The lowest BCUT2D eigenvalue weighted by molar-refractivity contribution is -0.904. The van der Waals surface area contributed by atoms with E-state index in [-0.39, 0.29) is 24.8 Å². The SMILES string of the molecule is CCCCCCCCCCCC[N+](C)(C)Cc1ccc(C[N+](C)(C)CCCCCCCCCCCC)cc1.[Cl-].[Cl-]. The summed E-state index contributed by atoms with van der Waals surface area (Å²) >= 11 is 0. The van der Waals surface area contributed by atoms with Crippen LogP contribution in [0.1, 0.15) is 153 Å². The summed E-state index contributed by atoms with van der Waals surface area (Å²) in [4.78, 5) is 0. The van der Waals surface area contributed by atoms with Crippen LogP contribution in [0.5, 0.6) is 0 Å². The molecule has 2 nitrogen and oxygen atoms in total. The molecule has 0 aliphatic heterocycles. The Hall–Kier alpha value is -0.280. The molecule has 1 rings (SSSR count). The average molecular weight is 602 g/mol. The molecule has 4 heteroatoms. The third kappa shape index (κ3) is 24.3. The van der Waals surface area contributed by atoms with Gasteiger partial charge >= 0.3 is 0 Å². The summed E-state index contributed by atoms with van der Waals surface area (Å²) in [5.41, 5.74) is 2.98. The van der Waals surface area contributed by atoms with Crippen molar-refractivity contribution >= 4 is 0 Å². The first kappa shape index (κ1) is 41.9. The van der Waals surface area contributed by atoms with Gasteiger partial charge in [-0.15, -0.1) is 0 Å². The number of halogens is 2. The molecule has 238 valence electrons. The monoisotopic (exact) mass is 600 g/mol. The largest absolute Gasteiger partial charge is 1.00 e. The lowest BCUT2D eigenvalue weighted by Crippen LogP contribution is -3.00. The van der Waals surface area contributed by atoms with Crippen molar-refractivity contribution in [2.45, 2.75) is 155 Å². The van der Waals surface area contributed by atoms with Gasteiger partial charge in [-0.25, -0.2) is 0 Å². The minimum absolute atomic E-state index is 0. The zero-order valence-corrected chi connectivity index (χ0v) is 29.4. The first-order valence-electron chi connectivity index (χ1n) is 17.0. The van der Waals surface area contributed by atoms with Gasteiger partial charge in [-0.05, 0) is 25.7 Å². The molecule has 0 amide bonds. The van der Waals surface area contributed by atoms with Crippen LogP contribution in [0.3, 0.4) is 0 Å². The molecule has 0 aliphatic rings. The highest BCUT2D eigenvalue weighted by atomic mass is 35.5. The number of benzene rings is 1. The van der Waals surface area contributed by atoms with Gasteiger partial charge in [0.15, 0.2) is 0 Å². The first-order chi connectivity index (χ1) is 18.3. The van der Waals surface area contributed by atoms with Crippen LogP contribution in [0.2, 0.25) is 0 Å². The Morgan fingerprint density at radius 1 is 0.375 bits per heavy atom. The standard InChI is InChI=1S/C36H70N2.2ClH/c1-7-9-11-13-15-17-19-21-23-25-31-37(3,4)33-35-27-29-36(30-28-35)34-38(5,6)32-26-24-22-20-18-16-14-12-10-8-2;;/h27-30H,7-26,31-34H2,1-6H3;2*1H/q+2;;/p-2. The van der Waals surface area contributed by atoms with Crippen molar-refractivity contribution in [3.05, 3.63) is 35.4 Å². The maximum atomic E-state index is 2.41. The number of hydrogen-bond acceptors (Lipinski definition) is 0. The van der Waals surface area contributed by atoms with Crippen LogP contribution in [0.15, 0.2) is 24.3 Å². The molecule has 0 aliphatic carbocycles. The Morgan fingerprint density at radius 3 is 0.850 bits per heavy atom. The van der Waals surface area contributed by atoms with E-state index < -0.39 is 0 Å². The minimum atomic E-state index is 0. The molecule has 0 spiro atoms. The predicted octanol–water partition coefficient (Wildman–Crippen LogP) is 4.69. The average Bonchev–Trinajstić information content (AvgIpc) is 2.87. The topological polar surface area (TPSA) is 0 Å². The van der Waals surface area contributed by atoms with E-state index in [1.165, 1.54) is 153 Å². The van der Waals surface area contributed by atoms with Crippen molar-refractivity contribution in [3.8, 4) is 0 Å². The molecule has 0 heterocycles. The molecule has 0 saturated heterocycles. The number of rotatable bonds is 26. The molecule has 0 aromatic heterocycles. The van der Waals surface area contributed by atoms with Crippen LogP contribution in [0, 0.1) is 0 Å². The smallest absolute Gasteiger partial charge is 0.104 e. The lowest BCUT2D eigenvalue weighted by Gasteiger charge is -2.31. The van der Waals surface area contributed by atoms with Crippen molar-refractivity contribution < 1.29 is 33.8 Å². The molecule has 0 atom stereocenters. The van der Waals surface area contributed by atoms with Gasteiger partial charge in [0.2, 0.25) is 0 Å². The molecule has 0 saturated carbocycles. The van der Waals surface area contributed by atoms with E-state index in [0.29, 0.717) is 0 Å².